The third-order valence-electron chi connectivity index (χ3n) is 2.25. The van der Waals surface area contributed by atoms with E-state index in [0.717, 1.165) is 26.8 Å². The first-order valence-corrected chi connectivity index (χ1v) is 6.51. The Morgan fingerprint density at radius 2 is 2.19 bits per heavy atom. The predicted molar refractivity (Wildman–Crippen MR) is 70.9 cm³/mol. The molecule has 0 aliphatic heterocycles. The molecule has 0 bridgehead atoms. The van der Waals surface area contributed by atoms with Crippen molar-refractivity contribution < 1.29 is 4.74 Å². The SMILES string of the molecule is COc1c(CCl)csc1-c1cccc(Cl)c1. The number of thiophene rings is 1. The van der Waals surface area contributed by atoms with Crippen LogP contribution in [0.15, 0.2) is 29.6 Å². The lowest BCUT2D eigenvalue weighted by molar-refractivity contribution is 0.415. The van der Waals surface area contributed by atoms with Crippen LogP contribution in [0.1, 0.15) is 5.56 Å². The van der Waals surface area contributed by atoms with Crippen LogP contribution in [0.2, 0.25) is 5.02 Å². The molecule has 0 saturated carbocycles. The van der Waals surface area contributed by atoms with Gasteiger partial charge in [0.05, 0.1) is 17.9 Å². The molecule has 16 heavy (non-hydrogen) atoms. The second-order valence-electron chi connectivity index (χ2n) is 3.27. The van der Waals surface area contributed by atoms with Crippen molar-refractivity contribution in [3.8, 4) is 16.2 Å². The van der Waals surface area contributed by atoms with Gasteiger partial charge in [-0.05, 0) is 23.1 Å². The van der Waals surface area contributed by atoms with Gasteiger partial charge in [-0.1, -0.05) is 23.7 Å². The lowest BCUT2D eigenvalue weighted by atomic mass is 10.1. The molecule has 2 aromatic rings. The van der Waals surface area contributed by atoms with Crippen molar-refractivity contribution in [1.82, 2.24) is 0 Å². The van der Waals surface area contributed by atoms with Crippen LogP contribution in [0.25, 0.3) is 10.4 Å². The van der Waals surface area contributed by atoms with Crippen molar-refractivity contribution in [2.45, 2.75) is 5.88 Å². The Balaban J connectivity index is 2.51. The molecule has 0 aliphatic carbocycles. The number of ether oxygens (including phenoxy) is 1. The minimum Gasteiger partial charge on any atom is -0.495 e. The molecule has 0 amide bonds. The zero-order valence-electron chi connectivity index (χ0n) is 8.67. The summed E-state index contributed by atoms with van der Waals surface area (Å²) in [5, 5.41) is 2.74. The molecule has 2 rings (SSSR count). The van der Waals surface area contributed by atoms with Gasteiger partial charge in [0.1, 0.15) is 5.75 Å². The Bertz CT molecular complexity index is 494. The van der Waals surface area contributed by atoms with Crippen molar-refractivity contribution >= 4 is 34.5 Å². The van der Waals surface area contributed by atoms with E-state index in [1.54, 1.807) is 18.4 Å². The van der Waals surface area contributed by atoms with Gasteiger partial charge in [0.15, 0.2) is 0 Å². The molecule has 1 aromatic carbocycles. The fourth-order valence-electron chi connectivity index (χ4n) is 1.53. The molecule has 0 unspecified atom stereocenters. The highest BCUT2D eigenvalue weighted by atomic mass is 35.5. The average Bonchev–Trinajstić information content (AvgIpc) is 2.71. The fraction of sp³-hybridized carbons (Fsp3) is 0.167. The molecule has 0 spiro atoms. The van der Waals surface area contributed by atoms with E-state index in [0.29, 0.717) is 5.88 Å². The van der Waals surface area contributed by atoms with Crippen LogP contribution in [0.4, 0.5) is 0 Å². The maximum absolute atomic E-state index is 5.97. The fourth-order valence-corrected chi connectivity index (χ4v) is 3.04. The first kappa shape index (κ1) is 11.8. The highest BCUT2D eigenvalue weighted by Crippen LogP contribution is 2.40. The number of alkyl halides is 1. The Morgan fingerprint density at radius 3 is 2.81 bits per heavy atom. The lowest BCUT2D eigenvalue weighted by Crippen LogP contribution is -1.86. The summed E-state index contributed by atoms with van der Waals surface area (Å²) in [5.41, 5.74) is 2.08. The Kier molecular flexibility index (Phi) is 3.74. The van der Waals surface area contributed by atoms with Crippen LogP contribution in [0.3, 0.4) is 0 Å². The summed E-state index contributed by atoms with van der Waals surface area (Å²) in [4.78, 5) is 1.07. The molecule has 84 valence electrons. The molecule has 0 saturated heterocycles. The van der Waals surface area contributed by atoms with Crippen LogP contribution in [-0.4, -0.2) is 7.11 Å². The maximum atomic E-state index is 5.97. The van der Waals surface area contributed by atoms with E-state index < -0.39 is 0 Å². The molecule has 1 aromatic heterocycles. The molecule has 4 heteroatoms. The van der Waals surface area contributed by atoms with Crippen molar-refractivity contribution in [1.29, 1.82) is 0 Å². The monoisotopic (exact) mass is 272 g/mol. The van der Waals surface area contributed by atoms with E-state index in [1.807, 2.05) is 29.6 Å². The largest absolute Gasteiger partial charge is 0.495 e. The van der Waals surface area contributed by atoms with E-state index >= 15 is 0 Å². The van der Waals surface area contributed by atoms with Gasteiger partial charge in [-0.15, -0.1) is 22.9 Å². The van der Waals surface area contributed by atoms with Gasteiger partial charge in [-0.25, -0.2) is 0 Å². The first-order chi connectivity index (χ1) is 7.76. The molecule has 0 atom stereocenters. The molecule has 0 N–H and O–H groups in total. The molecular weight excluding hydrogens is 263 g/mol. The Hall–Kier alpha value is -0.700. The molecule has 0 radical (unpaired) electrons. The Morgan fingerprint density at radius 1 is 1.38 bits per heavy atom. The number of methoxy groups -OCH3 is 1. The van der Waals surface area contributed by atoms with E-state index in [1.165, 1.54) is 0 Å². The number of halogens is 2. The second kappa shape index (κ2) is 5.09. The van der Waals surface area contributed by atoms with Crippen LogP contribution < -0.4 is 4.74 Å². The van der Waals surface area contributed by atoms with Crippen molar-refractivity contribution in [2.75, 3.05) is 7.11 Å². The van der Waals surface area contributed by atoms with Gasteiger partial charge in [0, 0.05) is 10.6 Å². The molecular formula is C12H10Cl2OS. The van der Waals surface area contributed by atoms with Gasteiger partial charge >= 0.3 is 0 Å². The zero-order chi connectivity index (χ0) is 11.5. The van der Waals surface area contributed by atoms with E-state index in [9.17, 15) is 0 Å². The third kappa shape index (κ3) is 2.19. The van der Waals surface area contributed by atoms with Crippen molar-refractivity contribution in [3.63, 3.8) is 0 Å². The zero-order valence-corrected chi connectivity index (χ0v) is 11.0. The summed E-state index contributed by atoms with van der Waals surface area (Å²) in [6, 6.07) is 7.72. The smallest absolute Gasteiger partial charge is 0.141 e. The summed E-state index contributed by atoms with van der Waals surface area (Å²) in [6.45, 7) is 0. The van der Waals surface area contributed by atoms with Crippen molar-refractivity contribution in [2.24, 2.45) is 0 Å². The van der Waals surface area contributed by atoms with Crippen LogP contribution in [0.5, 0.6) is 5.75 Å². The second-order valence-corrected chi connectivity index (χ2v) is 4.85. The van der Waals surface area contributed by atoms with Gasteiger partial charge in [0.2, 0.25) is 0 Å². The van der Waals surface area contributed by atoms with Crippen molar-refractivity contribution in [3.05, 3.63) is 40.2 Å². The normalized spacial score (nSPS) is 10.4. The molecule has 1 heterocycles. The van der Waals surface area contributed by atoms with Gasteiger partial charge in [-0.3, -0.25) is 0 Å². The first-order valence-electron chi connectivity index (χ1n) is 4.72. The highest BCUT2D eigenvalue weighted by molar-refractivity contribution is 7.14. The van der Waals surface area contributed by atoms with Gasteiger partial charge in [0.25, 0.3) is 0 Å². The number of hydrogen-bond acceptors (Lipinski definition) is 2. The summed E-state index contributed by atoms with van der Waals surface area (Å²) in [5.74, 6) is 1.31. The topological polar surface area (TPSA) is 9.23 Å². The minimum atomic E-state index is 0.459. The average molecular weight is 273 g/mol. The van der Waals surface area contributed by atoms with Crippen LogP contribution in [0, 0.1) is 0 Å². The molecule has 1 nitrogen and oxygen atoms in total. The van der Waals surface area contributed by atoms with Crippen LogP contribution in [-0.2, 0) is 5.88 Å². The third-order valence-corrected chi connectivity index (χ3v) is 3.83. The standard InChI is InChI=1S/C12H10Cl2OS/c1-15-11-9(6-13)7-16-12(11)8-3-2-4-10(14)5-8/h2-5,7H,6H2,1H3. The van der Waals surface area contributed by atoms with E-state index in [4.69, 9.17) is 27.9 Å². The molecule has 0 aliphatic rings. The maximum Gasteiger partial charge on any atom is 0.141 e. The minimum absolute atomic E-state index is 0.459. The lowest BCUT2D eigenvalue weighted by Gasteiger charge is -2.05. The summed E-state index contributed by atoms with van der Waals surface area (Å²) in [7, 11) is 1.66. The quantitative estimate of drug-likeness (QED) is 0.729. The number of rotatable bonds is 3. The number of benzene rings is 1. The number of hydrogen-bond donors (Lipinski definition) is 0. The Labute approximate surface area is 109 Å². The van der Waals surface area contributed by atoms with Gasteiger partial charge < -0.3 is 4.74 Å². The highest BCUT2D eigenvalue weighted by Gasteiger charge is 2.13. The van der Waals surface area contributed by atoms with Crippen LogP contribution >= 0.6 is 34.5 Å². The summed E-state index contributed by atoms with van der Waals surface area (Å²) in [6.07, 6.45) is 0. The molecule has 0 fully saturated rings. The van der Waals surface area contributed by atoms with E-state index in [2.05, 4.69) is 0 Å². The van der Waals surface area contributed by atoms with Gasteiger partial charge in [-0.2, -0.15) is 0 Å². The van der Waals surface area contributed by atoms with E-state index in [-0.39, 0.29) is 0 Å². The predicted octanol–water partition coefficient (Wildman–Crippen LogP) is 4.82. The summed E-state index contributed by atoms with van der Waals surface area (Å²) < 4.78 is 5.38. The summed E-state index contributed by atoms with van der Waals surface area (Å²) >= 11 is 13.4.